The molecule has 0 aliphatic heterocycles. The third kappa shape index (κ3) is 2.79. The zero-order chi connectivity index (χ0) is 13.8. The SMILES string of the molecule is COc1ccccc1COc1cnn(C2CCCC2)c1. The summed E-state index contributed by atoms with van der Waals surface area (Å²) in [5.41, 5.74) is 1.05. The van der Waals surface area contributed by atoms with E-state index in [1.807, 2.05) is 35.1 Å². The second-order valence-corrected chi connectivity index (χ2v) is 5.19. The lowest BCUT2D eigenvalue weighted by Crippen LogP contribution is -2.04. The number of rotatable bonds is 5. The van der Waals surface area contributed by atoms with Crippen LogP contribution in [0.2, 0.25) is 0 Å². The van der Waals surface area contributed by atoms with Gasteiger partial charge in [-0.05, 0) is 18.9 Å². The van der Waals surface area contributed by atoms with Crippen LogP contribution in [0, 0.1) is 0 Å². The topological polar surface area (TPSA) is 36.3 Å². The zero-order valence-electron chi connectivity index (χ0n) is 11.8. The molecule has 4 nitrogen and oxygen atoms in total. The van der Waals surface area contributed by atoms with Crippen LogP contribution in [0.15, 0.2) is 36.7 Å². The summed E-state index contributed by atoms with van der Waals surface area (Å²) < 4.78 is 13.2. The first kappa shape index (κ1) is 13.0. The van der Waals surface area contributed by atoms with Gasteiger partial charge in [-0.15, -0.1) is 0 Å². The largest absolute Gasteiger partial charge is 0.496 e. The van der Waals surface area contributed by atoms with Crippen molar-refractivity contribution in [3.63, 3.8) is 0 Å². The number of hydrogen-bond donors (Lipinski definition) is 0. The van der Waals surface area contributed by atoms with Crippen molar-refractivity contribution in [2.24, 2.45) is 0 Å². The smallest absolute Gasteiger partial charge is 0.157 e. The molecule has 106 valence electrons. The summed E-state index contributed by atoms with van der Waals surface area (Å²) in [4.78, 5) is 0. The van der Waals surface area contributed by atoms with E-state index in [0.29, 0.717) is 12.6 Å². The molecule has 1 aromatic heterocycles. The van der Waals surface area contributed by atoms with E-state index in [2.05, 4.69) is 5.10 Å². The average molecular weight is 272 g/mol. The normalized spacial score (nSPS) is 15.4. The van der Waals surface area contributed by atoms with E-state index in [0.717, 1.165) is 17.1 Å². The summed E-state index contributed by atoms with van der Waals surface area (Å²) in [7, 11) is 1.68. The van der Waals surface area contributed by atoms with Gasteiger partial charge in [0.2, 0.25) is 0 Å². The Balaban J connectivity index is 1.63. The summed E-state index contributed by atoms with van der Waals surface area (Å²) in [5.74, 6) is 1.68. The number of methoxy groups -OCH3 is 1. The van der Waals surface area contributed by atoms with Gasteiger partial charge in [0.15, 0.2) is 5.75 Å². The molecule has 0 spiro atoms. The van der Waals surface area contributed by atoms with E-state index in [1.165, 1.54) is 25.7 Å². The summed E-state index contributed by atoms with van der Waals surface area (Å²) in [6, 6.07) is 8.46. The van der Waals surface area contributed by atoms with Gasteiger partial charge < -0.3 is 9.47 Å². The highest BCUT2D eigenvalue weighted by molar-refractivity contribution is 5.33. The van der Waals surface area contributed by atoms with Gasteiger partial charge in [-0.25, -0.2) is 0 Å². The third-order valence-corrected chi connectivity index (χ3v) is 3.86. The average Bonchev–Trinajstić information content (AvgIpc) is 3.16. The highest BCUT2D eigenvalue weighted by Gasteiger charge is 2.17. The van der Waals surface area contributed by atoms with E-state index in [-0.39, 0.29) is 0 Å². The molecule has 20 heavy (non-hydrogen) atoms. The van der Waals surface area contributed by atoms with Crippen LogP contribution < -0.4 is 9.47 Å². The molecule has 1 heterocycles. The van der Waals surface area contributed by atoms with Crippen molar-refractivity contribution in [2.75, 3.05) is 7.11 Å². The maximum absolute atomic E-state index is 5.81. The first-order chi connectivity index (χ1) is 9.86. The predicted molar refractivity (Wildman–Crippen MR) is 77.1 cm³/mol. The molecule has 0 N–H and O–H groups in total. The Kier molecular flexibility index (Phi) is 3.90. The zero-order valence-corrected chi connectivity index (χ0v) is 11.8. The highest BCUT2D eigenvalue weighted by Crippen LogP contribution is 2.30. The Morgan fingerprint density at radius 3 is 2.85 bits per heavy atom. The quantitative estimate of drug-likeness (QED) is 0.834. The summed E-state index contributed by atoms with van der Waals surface area (Å²) >= 11 is 0. The van der Waals surface area contributed by atoms with Crippen molar-refractivity contribution >= 4 is 0 Å². The summed E-state index contributed by atoms with van der Waals surface area (Å²) in [6.45, 7) is 0.500. The van der Waals surface area contributed by atoms with Gasteiger partial charge in [-0.1, -0.05) is 31.0 Å². The van der Waals surface area contributed by atoms with Crippen molar-refractivity contribution < 1.29 is 9.47 Å². The molecule has 1 aliphatic carbocycles. The molecule has 1 fully saturated rings. The van der Waals surface area contributed by atoms with Gasteiger partial charge in [0.25, 0.3) is 0 Å². The first-order valence-corrected chi connectivity index (χ1v) is 7.15. The molecule has 2 aromatic rings. The van der Waals surface area contributed by atoms with Gasteiger partial charge in [0.05, 0.1) is 25.5 Å². The molecule has 0 unspecified atom stereocenters. The standard InChI is InChI=1S/C16H20N2O2/c1-19-16-9-5-2-6-13(16)12-20-15-10-17-18(11-15)14-7-3-4-8-14/h2,5-6,9-11,14H,3-4,7-8,12H2,1H3. The Hall–Kier alpha value is -1.97. The Morgan fingerprint density at radius 1 is 1.25 bits per heavy atom. The molecule has 0 radical (unpaired) electrons. The summed E-state index contributed by atoms with van der Waals surface area (Å²) in [5, 5.41) is 4.41. The Labute approximate surface area is 119 Å². The second kappa shape index (κ2) is 5.99. The first-order valence-electron chi connectivity index (χ1n) is 7.15. The fourth-order valence-corrected chi connectivity index (χ4v) is 2.75. The Bertz CT molecular complexity index is 559. The van der Waals surface area contributed by atoms with Crippen LogP contribution in [-0.4, -0.2) is 16.9 Å². The number of benzene rings is 1. The molecule has 1 saturated carbocycles. The molecule has 0 saturated heterocycles. The van der Waals surface area contributed by atoms with E-state index < -0.39 is 0 Å². The summed E-state index contributed by atoms with van der Waals surface area (Å²) in [6.07, 6.45) is 8.88. The van der Waals surface area contributed by atoms with Gasteiger partial charge >= 0.3 is 0 Å². The van der Waals surface area contributed by atoms with Gasteiger partial charge in [0, 0.05) is 5.56 Å². The van der Waals surface area contributed by atoms with E-state index in [1.54, 1.807) is 13.3 Å². The Morgan fingerprint density at radius 2 is 2.05 bits per heavy atom. The number of hydrogen-bond acceptors (Lipinski definition) is 3. The van der Waals surface area contributed by atoms with Crippen LogP contribution in [0.25, 0.3) is 0 Å². The van der Waals surface area contributed by atoms with Gasteiger partial charge in [-0.2, -0.15) is 5.10 Å². The fourth-order valence-electron chi connectivity index (χ4n) is 2.75. The van der Waals surface area contributed by atoms with Crippen molar-refractivity contribution in [2.45, 2.75) is 38.3 Å². The van der Waals surface area contributed by atoms with Crippen LogP contribution in [0.3, 0.4) is 0 Å². The van der Waals surface area contributed by atoms with E-state index >= 15 is 0 Å². The van der Waals surface area contributed by atoms with Crippen LogP contribution in [0.5, 0.6) is 11.5 Å². The van der Waals surface area contributed by atoms with Crippen molar-refractivity contribution in [1.82, 2.24) is 9.78 Å². The van der Waals surface area contributed by atoms with Gasteiger partial charge in [0.1, 0.15) is 12.4 Å². The molecule has 0 amide bonds. The molecule has 1 aliphatic rings. The molecule has 4 heteroatoms. The lowest BCUT2D eigenvalue weighted by atomic mass is 10.2. The number of ether oxygens (including phenoxy) is 2. The molecular weight excluding hydrogens is 252 g/mol. The van der Waals surface area contributed by atoms with E-state index in [4.69, 9.17) is 9.47 Å². The maximum Gasteiger partial charge on any atom is 0.157 e. The van der Waals surface area contributed by atoms with Crippen molar-refractivity contribution in [3.05, 3.63) is 42.2 Å². The molecular formula is C16H20N2O2. The van der Waals surface area contributed by atoms with Crippen molar-refractivity contribution in [3.8, 4) is 11.5 Å². The second-order valence-electron chi connectivity index (χ2n) is 5.19. The monoisotopic (exact) mass is 272 g/mol. The third-order valence-electron chi connectivity index (χ3n) is 3.86. The van der Waals surface area contributed by atoms with Crippen LogP contribution in [-0.2, 0) is 6.61 Å². The minimum absolute atomic E-state index is 0.500. The number of para-hydroxylation sites is 1. The predicted octanol–water partition coefficient (Wildman–Crippen LogP) is 3.59. The molecule has 0 atom stereocenters. The molecule has 3 rings (SSSR count). The lowest BCUT2D eigenvalue weighted by Gasteiger charge is -2.09. The fraction of sp³-hybridized carbons (Fsp3) is 0.438. The number of nitrogens with zero attached hydrogens (tertiary/aromatic N) is 2. The maximum atomic E-state index is 5.81. The molecule has 1 aromatic carbocycles. The van der Waals surface area contributed by atoms with Crippen LogP contribution in [0.1, 0.15) is 37.3 Å². The lowest BCUT2D eigenvalue weighted by molar-refractivity contribution is 0.296. The van der Waals surface area contributed by atoms with Gasteiger partial charge in [-0.3, -0.25) is 4.68 Å². The number of aromatic nitrogens is 2. The highest BCUT2D eigenvalue weighted by atomic mass is 16.5. The van der Waals surface area contributed by atoms with Crippen LogP contribution in [0.4, 0.5) is 0 Å². The molecule has 0 bridgehead atoms. The minimum atomic E-state index is 0.500. The van der Waals surface area contributed by atoms with Crippen LogP contribution >= 0.6 is 0 Å². The minimum Gasteiger partial charge on any atom is -0.496 e. The van der Waals surface area contributed by atoms with E-state index in [9.17, 15) is 0 Å². The van der Waals surface area contributed by atoms with Crippen molar-refractivity contribution in [1.29, 1.82) is 0 Å².